The summed E-state index contributed by atoms with van der Waals surface area (Å²) in [6.45, 7) is 4.37. The van der Waals surface area contributed by atoms with Gasteiger partial charge in [-0.05, 0) is 37.0 Å². The highest BCUT2D eigenvalue weighted by atomic mass is 127. The maximum absolute atomic E-state index is 13.6. The standard InChI is InChI=1S/C18H26F2N4O.HI/c1-13-4-3-9-24(12-13)17(25)7-8-22-18(21-2)23-11-14-10-15(19)5-6-16(14)20;/h5-6,10,13H,3-4,7-9,11-12H2,1-2H3,(H2,21,22,23);1H. The van der Waals surface area contributed by atoms with Gasteiger partial charge in [-0.3, -0.25) is 9.79 Å². The molecule has 26 heavy (non-hydrogen) atoms. The minimum Gasteiger partial charge on any atom is -0.356 e. The molecule has 0 aliphatic carbocycles. The van der Waals surface area contributed by atoms with Crippen LogP contribution in [0.5, 0.6) is 0 Å². The van der Waals surface area contributed by atoms with Crippen LogP contribution in [0.2, 0.25) is 0 Å². The first kappa shape index (κ1) is 22.6. The molecule has 2 rings (SSSR count). The number of hydrogen-bond acceptors (Lipinski definition) is 2. The van der Waals surface area contributed by atoms with Gasteiger partial charge in [0.2, 0.25) is 5.91 Å². The van der Waals surface area contributed by atoms with Gasteiger partial charge in [-0.25, -0.2) is 8.78 Å². The molecule has 8 heteroatoms. The molecule has 1 saturated heterocycles. The summed E-state index contributed by atoms with van der Waals surface area (Å²) in [5, 5.41) is 5.95. The van der Waals surface area contributed by atoms with Crippen LogP contribution in [0.3, 0.4) is 0 Å². The van der Waals surface area contributed by atoms with Crippen molar-refractivity contribution < 1.29 is 13.6 Å². The Bertz CT molecular complexity index is 627. The number of aliphatic imine (C=N–C) groups is 1. The van der Waals surface area contributed by atoms with E-state index in [0.29, 0.717) is 24.8 Å². The Morgan fingerprint density at radius 3 is 2.81 bits per heavy atom. The number of carbonyl (C=O) groups excluding carboxylic acids is 1. The van der Waals surface area contributed by atoms with Gasteiger partial charge < -0.3 is 15.5 Å². The minimum absolute atomic E-state index is 0. The first-order valence-electron chi connectivity index (χ1n) is 8.66. The van der Waals surface area contributed by atoms with Gasteiger partial charge in [0.1, 0.15) is 11.6 Å². The number of likely N-dealkylation sites (tertiary alicyclic amines) is 1. The van der Waals surface area contributed by atoms with Crippen LogP contribution >= 0.6 is 24.0 Å². The van der Waals surface area contributed by atoms with Gasteiger partial charge in [0.25, 0.3) is 0 Å². The Morgan fingerprint density at radius 1 is 1.35 bits per heavy atom. The lowest BCUT2D eigenvalue weighted by Crippen LogP contribution is -2.42. The third kappa shape index (κ3) is 7.05. The van der Waals surface area contributed by atoms with E-state index in [2.05, 4.69) is 22.5 Å². The van der Waals surface area contributed by atoms with Crippen molar-refractivity contribution in [1.82, 2.24) is 15.5 Å². The second-order valence-corrected chi connectivity index (χ2v) is 6.43. The summed E-state index contributed by atoms with van der Waals surface area (Å²) in [4.78, 5) is 18.2. The van der Waals surface area contributed by atoms with E-state index in [0.717, 1.165) is 37.7 Å². The molecule has 0 saturated carbocycles. The number of guanidine groups is 1. The number of rotatable bonds is 5. The molecule has 0 aromatic heterocycles. The Kier molecular flexibility index (Phi) is 9.82. The van der Waals surface area contributed by atoms with Crippen LogP contribution in [0, 0.1) is 17.6 Å². The van der Waals surface area contributed by atoms with E-state index in [1.165, 1.54) is 6.42 Å². The normalized spacial score (nSPS) is 17.5. The van der Waals surface area contributed by atoms with Crippen molar-refractivity contribution in [2.75, 3.05) is 26.7 Å². The minimum atomic E-state index is -0.484. The Hall–Kier alpha value is -1.45. The number of piperidine rings is 1. The predicted octanol–water partition coefficient (Wildman–Crippen LogP) is 2.90. The molecule has 1 atom stereocenters. The van der Waals surface area contributed by atoms with Crippen molar-refractivity contribution in [2.45, 2.75) is 32.7 Å². The van der Waals surface area contributed by atoms with Crippen LogP contribution in [0.4, 0.5) is 8.78 Å². The van der Waals surface area contributed by atoms with Gasteiger partial charge in [-0.1, -0.05) is 6.92 Å². The zero-order valence-electron chi connectivity index (χ0n) is 15.2. The Labute approximate surface area is 170 Å². The van der Waals surface area contributed by atoms with E-state index in [1.807, 2.05) is 4.90 Å². The van der Waals surface area contributed by atoms with Crippen LogP contribution < -0.4 is 10.6 Å². The van der Waals surface area contributed by atoms with Crippen LogP contribution in [-0.4, -0.2) is 43.4 Å². The zero-order chi connectivity index (χ0) is 18.2. The maximum atomic E-state index is 13.6. The third-order valence-electron chi connectivity index (χ3n) is 4.32. The molecule has 1 aliphatic rings. The van der Waals surface area contributed by atoms with E-state index in [1.54, 1.807) is 7.05 Å². The molecule has 1 aromatic rings. The van der Waals surface area contributed by atoms with Crippen LogP contribution in [0.25, 0.3) is 0 Å². The number of halogens is 3. The fourth-order valence-electron chi connectivity index (χ4n) is 2.94. The highest BCUT2D eigenvalue weighted by Crippen LogP contribution is 2.15. The largest absolute Gasteiger partial charge is 0.356 e. The van der Waals surface area contributed by atoms with Crippen molar-refractivity contribution in [3.8, 4) is 0 Å². The summed E-state index contributed by atoms with van der Waals surface area (Å²) >= 11 is 0. The summed E-state index contributed by atoms with van der Waals surface area (Å²) < 4.78 is 26.8. The third-order valence-corrected chi connectivity index (χ3v) is 4.32. The molecule has 1 fully saturated rings. The van der Waals surface area contributed by atoms with E-state index >= 15 is 0 Å². The molecule has 0 radical (unpaired) electrons. The molecular weight excluding hydrogens is 453 g/mol. The Balaban J connectivity index is 0.00000338. The number of amides is 1. The molecule has 1 aromatic carbocycles. The molecule has 2 N–H and O–H groups in total. The van der Waals surface area contributed by atoms with Gasteiger partial charge in [0, 0.05) is 45.2 Å². The van der Waals surface area contributed by atoms with E-state index in [9.17, 15) is 13.6 Å². The van der Waals surface area contributed by atoms with E-state index < -0.39 is 11.6 Å². The molecule has 5 nitrogen and oxygen atoms in total. The summed E-state index contributed by atoms with van der Waals surface area (Å²) in [6.07, 6.45) is 2.61. The molecular formula is C18H27F2IN4O. The van der Waals surface area contributed by atoms with Crippen LogP contribution in [0.15, 0.2) is 23.2 Å². The highest BCUT2D eigenvalue weighted by Gasteiger charge is 2.20. The lowest BCUT2D eigenvalue weighted by Gasteiger charge is -2.31. The predicted molar refractivity (Wildman–Crippen MR) is 110 cm³/mol. The maximum Gasteiger partial charge on any atom is 0.224 e. The van der Waals surface area contributed by atoms with Crippen molar-refractivity contribution in [3.63, 3.8) is 0 Å². The molecule has 1 amide bonds. The summed E-state index contributed by atoms with van der Waals surface area (Å²) in [7, 11) is 1.59. The van der Waals surface area contributed by atoms with Crippen molar-refractivity contribution in [3.05, 3.63) is 35.4 Å². The summed E-state index contributed by atoms with van der Waals surface area (Å²) in [5.41, 5.74) is 0.223. The zero-order valence-corrected chi connectivity index (χ0v) is 17.6. The number of benzene rings is 1. The van der Waals surface area contributed by atoms with Gasteiger partial charge in [0.05, 0.1) is 0 Å². The smallest absolute Gasteiger partial charge is 0.224 e. The van der Waals surface area contributed by atoms with Crippen molar-refractivity contribution in [1.29, 1.82) is 0 Å². The van der Waals surface area contributed by atoms with Crippen molar-refractivity contribution >= 4 is 35.8 Å². The van der Waals surface area contributed by atoms with E-state index in [-0.39, 0.29) is 42.0 Å². The molecule has 146 valence electrons. The summed E-state index contributed by atoms with van der Waals surface area (Å²) in [5.74, 6) is 0.177. The molecule has 1 aliphatic heterocycles. The number of hydrogen-bond donors (Lipinski definition) is 2. The molecule has 1 unspecified atom stereocenters. The fraction of sp³-hybridized carbons (Fsp3) is 0.556. The Morgan fingerprint density at radius 2 is 2.12 bits per heavy atom. The lowest BCUT2D eigenvalue weighted by atomic mass is 10.00. The van der Waals surface area contributed by atoms with Gasteiger partial charge in [0.15, 0.2) is 5.96 Å². The monoisotopic (exact) mass is 480 g/mol. The van der Waals surface area contributed by atoms with Gasteiger partial charge in [-0.15, -0.1) is 24.0 Å². The van der Waals surface area contributed by atoms with E-state index in [4.69, 9.17) is 0 Å². The first-order valence-corrected chi connectivity index (χ1v) is 8.66. The highest BCUT2D eigenvalue weighted by molar-refractivity contribution is 14.0. The van der Waals surface area contributed by atoms with Crippen LogP contribution in [0.1, 0.15) is 31.7 Å². The first-order chi connectivity index (χ1) is 12.0. The number of carbonyl (C=O) groups is 1. The molecule has 0 bridgehead atoms. The number of nitrogens with zero attached hydrogens (tertiary/aromatic N) is 2. The average Bonchev–Trinajstić information content (AvgIpc) is 2.60. The lowest BCUT2D eigenvalue weighted by molar-refractivity contribution is -0.132. The number of nitrogens with one attached hydrogen (secondary N) is 2. The van der Waals surface area contributed by atoms with Gasteiger partial charge >= 0.3 is 0 Å². The molecule has 0 spiro atoms. The fourth-order valence-corrected chi connectivity index (χ4v) is 2.94. The molecule has 1 heterocycles. The van der Waals surface area contributed by atoms with Crippen molar-refractivity contribution in [2.24, 2.45) is 10.9 Å². The SMILES string of the molecule is CN=C(NCCC(=O)N1CCCC(C)C1)NCc1cc(F)ccc1F.I. The average molecular weight is 480 g/mol. The summed E-state index contributed by atoms with van der Waals surface area (Å²) in [6, 6.07) is 3.33. The second-order valence-electron chi connectivity index (χ2n) is 6.43. The van der Waals surface area contributed by atoms with Crippen LogP contribution in [-0.2, 0) is 11.3 Å². The van der Waals surface area contributed by atoms with Gasteiger partial charge in [-0.2, -0.15) is 0 Å². The topological polar surface area (TPSA) is 56.7 Å². The quantitative estimate of drug-likeness (QED) is 0.387. The second kappa shape index (κ2) is 11.3.